The Hall–Kier alpha value is -2.50. The second kappa shape index (κ2) is 6.78. The molecule has 1 amide bonds. The van der Waals surface area contributed by atoms with Crippen LogP contribution in [0.1, 0.15) is 18.9 Å². The van der Waals surface area contributed by atoms with Crippen LogP contribution in [0.25, 0.3) is 6.08 Å². The summed E-state index contributed by atoms with van der Waals surface area (Å²) in [5.41, 5.74) is 0.829. The highest BCUT2D eigenvalue weighted by atomic mass is 16.7. The monoisotopic (exact) mass is 291 g/mol. The van der Waals surface area contributed by atoms with Crippen LogP contribution < -0.4 is 14.8 Å². The number of rotatable bonds is 5. The van der Waals surface area contributed by atoms with Gasteiger partial charge in [-0.15, -0.1) is 0 Å². The lowest BCUT2D eigenvalue weighted by molar-refractivity contribution is -0.141. The van der Waals surface area contributed by atoms with Gasteiger partial charge in [0.2, 0.25) is 12.7 Å². The molecule has 6 nitrogen and oxygen atoms in total. The third-order valence-corrected chi connectivity index (χ3v) is 2.91. The van der Waals surface area contributed by atoms with Gasteiger partial charge >= 0.3 is 5.97 Å². The van der Waals surface area contributed by atoms with Crippen LogP contribution in [-0.2, 0) is 14.3 Å². The maximum Gasteiger partial charge on any atom is 0.307 e. The largest absolute Gasteiger partial charge is 0.469 e. The highest BCUT2D eigenvalue weighted by molar-refractivity contribution is 5.92. The first-order valence-corrected chi connectivity index (χ1v) is 6.53. The number of fused-ring (bicyclic) bond motifs is 1. The Balaban J connectivity index is 1.88. The average Bonchev–Trinajstić information content (AvgIpc) is 2.92. The number of hydrogen-bond donors (Lipinski definition) is 1. The van der Waals surface area contributed by atoms with Crippen molar-refractivity contribution in [2.75, 3.05) is 13.9 Å². The highest BCUT2D eigenvalue weighted by Gasteiger charge is 2.13. The molecule has 0 aromatic heterocycles. The predicted molar refractivity (Wildman–Crippen MR) is 75.8 cm³/mol. The van der Waals surface area contributed by atoms with Gasteiger partial charge in [-0.3, -0.25) is 9.59 Å². The van der Waals surface area contributed by atoms with E-state index in [1.165, 1.54) is 13.2 Å². The fourth-order valence-corrected chi connectivity index (χ4v) is 1.86. The highest BCUT2D eigenvalue weighted by Crippen LogP contribution is 2.32. The summed E-state index contributed by atoms with van der Waals surface area (Å²) < 4.78 is 15.0. The number of carbonyl (C=O) groups is 2. The lowest BCUT2D eigenvalue weighted by Crippen LogP contribution is -2.33. The summed E-state index contributed by atoms with van der Waals surface area (Å²) in [7, 11) is 1.32. The van der Waals surface area contributed by atoms with E-state index in [0.29, 0.717) is 11.5 Å². The van der Waals surface area contributed by atoms with Crippen LogP contribution in [0.3, 0.4) is 0 Å². The summed E-state index contributed by atoms with van der Waals surface area (Å²) in [5, 5.41) is 2.69. The summed E-state index contributed by atoms with van der Waals surface area (Å²) in [6, 6.07) is 5.13. The molecule has 1 atom stereocenters. The molecule has 0 saturated heterocycles. The number of amides is 1. The van der Waals surface area contributed by atoms with Crippen molar-refractivity contribution in [1.82, 2.24) is 5.32 Å². The van der Waals surface area contributed by atoms with E-state index in [9.17, 15) is 9.59 Å². The first kappa shape index (κ1) is 14.9. The zero-order valence-corrected chi connectivity index (χ0v) is 11.9. The van der Waals surface area contributed by atoms with Gasteiger partial charge in [-0.25, -0.2) is 0 Å². The zero-order valence-electron chi connectivity index (χ0n) is 11.9. The smallest absolute Gasteiger partial charge is 0.307 e. The molecule has 0 fully saturated rings. The molecular formula is C15H17NO5. The Morgan fingerprint density at radius 3 is 2.90 bits per heavy atom. The number of benzene rings is 1. The van der Waals surface area contributed by atoms with Crippen molar-refractivity contribution in [2.24, 2.45) is 0 Å². The Morgan fingerprint density at radius 1 is 1.38 bits per heavy atom. The fraction of sp³-hybridized carbons (Fsp3) is 0.333. The SMILES string of the molecule is COC(=O)C[C@@H](C)NC(=O)/C=C/c1ccc2c(c1)OCO2. The van der Waals surface area contributed by atoms with Crippen LogP contribution in [0.2, 0.25) is 0 Å². The number of esters is 1. The van der Waals surface area contributed by atoms with Crippen molar-refractivity contribution in [2.45, 2.75) is 19.4 Å². The van der Waals surface area contributed by atoms with E-state index in [1.54, 1.807) is 25.1 Å². The zero-order chi connectivity index (χ0) is 15.2. The molecule has 1 aliphatic rings. The van der Waals surface area contributed by atoms with Crippen molar-refractivity contribution in [3.05, 3.63) is 29.8 Å². The summed E-state index contributed by atoms with van der Waals surface area (Å²) >= 11 is 0. The molecule has 0 unspecified atom stereocenters. The minimum Gasteiger partial charge on any atom is -0.469 e. The molecule has 6 heteroatoms. The molecule has 1 aliphatic heterocycles. The molecule has 1 aromatic rings. The lowest BCUT2D eigenvalue weighted by atomic mass is 10.2. The molecule has 0 saturated carbocycles. The van der Waals surface area contributed by atoms with Gasteiger partial charge in [-0.05, 0) is 30.7 Å². The van der Waals surface area contributed by atoms with Gasteiger partial charge in [0.15, 0.2) is 11.5 Å². The predicted octanol–water partition coefficient (Wildman–Crippen LogP) is 1.50. The quantitative estimate of drug-likeness (QED) is 0.657. The standard InChI is InChI=1S/C15H17NO5/c1-10(7-15(18)19-2)16-14(17)6-4-11-3-5-12-13(8-11)21-9-20-12/h3-6,8,10H,7,9H2,1-2H3,(H,16,17)/b6-4+/t10-/m1/s1. The summed E-state index contributed by atoms with van der Waals surface area (Å²) in [4.78, 5) is 22.8. The molecule has 0 spiro atoms. The molecule has 2 rings (SSSR count). The van der Waals surface area contributed by atoms with Crippen LogP contribution >= 0.6 is 0 Å². The van der Waals surface area contributed by atoms with E-state index in [4.69, 9.17) is 9.47 Å². The van der Waals surface area contributed by atoms with Crippen molar-refractivity contribution < 1.29 is 23.8 Å². The Bertz CT molecular complexity index is 567. The van der Waals surface area contributed by atoms with E-state index in [2.05, 4.69) is 10.1 Å². The van der Waals surface area contributed by atoms with Crippen LogP contribution in [0.15, 0.2) is 24.3 Å². The normalized spacial score (nSPS) is 14.0. The lowest BCUT2D eigenvalue weighted by Gasteiger charge is -2.10. The van der Waals surface area contributed by atoms with Gasteiger partial charge in [-0.2, -0.15) is 0 Å². The minimum atomic E-state index is -0.359. The van der Waals surface area contributed by atoms with E-state index < -0.39 is 0 Å². The molecular weight excluding hydrogens is 274 g/mol. The number of ether oxygens (including phenoxy) is 3. The van der Waals surface area contributed by atoms with Crippen molar-refractivity contribution in [3.8, 4) is 11.5 Å². The number of carbonyl (C=O) groups excluding carboxylic acids is 2. The van der Waals surface area contributed by atoms with E-state index >= 15 is 0 Å². The fourth-order valence-electron chi connectivity index (χ4n) is 1.86. The van der Waals surface area contributed by atoms with E-state index in [0.717, 1.165) is 5.56 Å². The molecule has 0 bridgehead atoms. The number of nitrogens with one attached hydrogen (secondary N) is 1. The third kappa shape index (κ3) is 4.24. The second-order valence-corrected chi connectivity index (χ2v) is 4.64. The van der Waals surface area contributed by atoms with Gasteiger partial charge < -0.3 is 19.5 Å². The van der Waals surface area contributed by atoms with E-state index in [1.807, 2.05) is 6.07 Å². The van der Waals surface area contributed by atoms with Gasteiger partial charge in [0, 0.05) is 12.1 Å². The van der Waals surface area contributed by atoms with Gasteiger partial charge in [0.25, 0.3) is 0 Å². The van der Waals surface area contributed by atoms with Gasteiger partial charge in [-0.1, -0.05) is 6.07 Å². The maximum atomic E-state index is 11.7. The topological polar surface area (TPSA) is 73.9 Å². The molecule has 0 aliphatic carbocycles. The number of methoxy groups -OCH3 is 1. The molecule has 1 heterocycles. The minimum absolute atomic E-state index is 0.139. The molecule has 112 valence electrons. The van der Waals surface area contributed by atoms with Crippen LogP contribution in [0.4, 0.5) is 0 Å². The molecule has 0 radical (unpaired) electrons. The Labute approximate surface area is 122 Å². The molecule has 1 N–H and O–H groups in total. The van der Waals surface area contributed by atoms with Crippen LogP contribution in [-0.4, -0.2) is 31.8 Å². The van der Waals surface area contributed by atoms with Crippen LogP contribution in [0, 0.1) is 0 Å². The maximum absolute atomic E-state index is 11.7. The third-order valence-electron chi connectivity index (χ3n) is 2.91. The number of hydrogen-bond acceptors (Lipinski definition) is 5. The average molecular weight is 291 g/mol. The Kier molecular flexibility index (Phi) is 4.81. The van der Waals surface area contributed by atoms with Crippen molar-refractivity contribution in [1.29, 1.82) is 0 Å². The summed E-state index contributed by atoms with van der Waals surface area (Å²) in [6.07, 6.45) is 3.22. The van der Waals surface area contributed by atoms with E-state index in [-0.39, 0.29) is 31.1 Å². The van der Waals surface area contributed by atoms with Crippen molar-refractivity contribution >= 4 is 18.0 Å². The molecule has 1 aromatic carbocycles. The Morgan fingerprint density at radius 2 is 2.14 bits per heavy atom. The van der Waals surface area contributed by atoms with Gasteiger partial charge in [0.1, 0.15) is 0 Å². The van der Waals surface area contributed by atoms with Crippen molar-refractivity contribution in [3.63, 3.8) is 0 Å². The van der Waals surface area contributed by atoms with Gasteiger partial charge in [0.05, 0.1) is 13.5 Å². The summed E-state index contributed by atoms with van der Waals surface area (Å²) in [5.74, 6) is 0.728. The first-order valence-electron chi connectivity index (χ1n) is 6.53. The molecule has 21 heavy (non-hydrogen) atoms. The van der Waals surface area contributed by atoms with Crippen LogP contribution in [0.5, 0.6) is 11.5 Å². The first-order chi connectivity index (χ1) is 10.1. The summed E-state index contributed by atoms with van der Waals surface area (Å²) in [6.45, 7) is 1.96. The second-order valence-electron chi connectivity index (χ2n) is 4.64.